The summed E-state index contributed by atoms with van der Waals surface area (Å²) in [6.45, 7) is 0. The Morgan fingerprint density at radius 3 is 2.53 bits per heavy atom. The maximum absolute atomic E-state index is 11.5. The number of aromatic nitrogens is 2. The molecule has 1 aromatic heterocycles. The van der Waals surface area contributed by atoms with Gasteiger partial charge in [-0.25, -0.2) is 4.98 Å². The zero-order valence-corrected chi connectivity index (χ0v) is 10.3. The van der Waals surface area contributed by atoms with Gasteiger partial charge in [0.1, 0.15) is 5.15 Å². The molecule has 0 radical (unpaired) electrons. The van der Waals surface area contributed by atoms with Gasteiger partial charge in [-0.15, -0.1) is 0 Å². The highest BCUT2D eigenvalue weighted by Crippen LogP contribution is 2.39. The van der Waals surface area contributed by atoms with Crippen molar-refractivity contribution in [3.8, 4) is 0 Å². The Balaban J connectivity index is 2.17. The van der Waals surface area contributed by atoms with Crippen molar-refractivity contribution in [2.45, 2.75) is 38.5 Å². The van der Waals surface area contributed by atoms with E-state index in [0.29, 0.717) is 17.3 Å². The van der Waals surface area contributed by atoms with Crippen molar-refractivity contribution < 1.29 is 9.90 Å². The molecule has 0 aromatic carbocycles. The third-order valence-electron chi connectivity index (χ3n) is 3.46. The summed E-state index contributed by atoms with van der Waals surface area (Å²) < 4.78 is 0. The third-order valence-corrected chi connectivity index (χ3v) is 3.65. The molecule has 1 aliphatic carbocycles. The number of carbonyl (C=O) groups is 1. The average molecular weight is 255 g/mol. The highest BCUT2D eigenvalue weighted by Gasteiger charge is 2.39. The summed E-state index contributed by atoms with van der Waals surface area (Å²) >= 11 is 5.66. The number of hydrogen-bond donors (Lipinski definition) is 1. The molecule has 92 valence electrons. The first kappa shape index (κ1) is 12.3. The monoisotopic (exact) mass is 254 g/mol. The molecule has 0 bridgehead atoms. The van der Waals surface area contributed by atoms with E-state index in [4.69, 9.17) is 11.6 Å². The second-order valence-corrected chi connectivity index (χ2v) is 5.04. The fourth-order valence-electron chi connectivity index (χ4n) is 2.47. The van der Waals surface area contributed by atoms with E-state index in [2.05, 4.69) is 9.97 Å². The molecule has 2 rings (SSSR count). The molecule has 0 aliphatic heterocycles. The number of rotatable bonds is 3. The second kappa shape index (κ2) is 5.00. The van der Waals surface area contributed by atoms with Gasteiger partial charge in [0.25, 0.3) is 0 Å². The van der Waals surface area contributed by atoms with E-state index in [0.717, 1.165) is 32.1 Å². The Kier molecular flexibility index (Phi) is 3.62. The van der Waals surface area contributed by atoms with Crippen LogP contribution in [-0.4, -0.2) is 21.0 Å². The predicted octanol–water partition coefficient (Wildman–Crippen LogP) is 2.71. The molecule has 1 aromatic rings. The second-order valence-electron chi connectivity index (χ2n) is 4.65. The summed E-state index contributed by atoms with van der Waals surface area (Å²) in [6.07, 6.45) is 8.03. The zero-order valence-electron chi connectivity index (χ0n) is 9.53. The lowest BCUT2D eigenvalue weighted by atomic mass is 9.71. The number of aliphatic carboxylic acids is 1. The van der Waals surface area contributed by atoms with Crippen LogP contribution in [0.25, 0.3) is 0 Å². The minimum Gasteiger partial charge on any atom is -0.481 e. The fourth-order valence-corrected chi connectivity index (χ4v) is 2.57. The van der Waals surface area contributed by atoms with Crippen LogP contribution in [0.2, 0.25) is 5.15 Å². The lowest BCUT2D eigenvalue weighted by Gasteiger charge is -2.32. The highest BCUT2D eigenvalue weighted by molar-refractivity contribution is 6.29. The van der Waals surface area contributed by atoms with Gasteiger partial charge >= 0.3 is 5.97 Å². The van der Waals surface area contributed by atoms with Gasteiger partial charge in [-0.05, 0) is 12.8 Å². The van der Waals surface area contributed by atoms with Crippen LogP contribution in [0.3, 0.4) is 0 Å². The van der Waals surface area contributed by atoms with Crippen LogP contribution in [0.5, 0.6) is 0 Å². The molecule has 5 heteroatoms. The first-order valence-electron chi connectivity index (χ1n) is 5.82. The predicted molar refractivity (Wildman–Crippen MR) is 63.9 cm³/mol. The third kappa shape index (κ3) is 2.75. The Morgan fingerprint density at radius 2 is 2.00 bits per heavy atom. The smallest absolute Gasteiger partial charge is 0.310 e. The van der Waals surface area contributed by atoms with Crippen LogP contribution < -0.4 is 0 Å². The highest BCUT2D eigenvalue weighted by atomic mass is 35.5. The van der Waals surface area contributed by atoms with Gasteiger partial charge in [0.15, 0.2) is 0 Å². The summed E-state index contributed by atoms with van der Waals surface area (Å²) in [5.41, 5.74) is 0.0551. The van der Waals surface area contributed by atoms with Crippen molar-refractivity contribution in [1.82, 2.24) is 9.97 Å². The van der Waals surface area contributed by atoms with Crippen LogP contribution in [0, 0.1) is 5.41 Å². The first-order chi connectivity index (χ1) is 8.12. The summed E-state index contributed by atoms with van der Waals surface area (Å²) in [4.78, 5) is 19.6. The fraction of sp³-hybridized carbons (Fsp3) is 0.583. The molecular weight excluding hydrogens is 240 g/mol. The first-order valence-corrected chi connectivity index (χ1v) is 6.20. The molecular formula is C12H15ClN2O2. The Morgan fingerprint density at radius 1 is 1.29 bits per heavy atom. The van der Waals surface area contributed by atoms with Crippen LogP contribution >= 0.6 is 11.6 Å². The quantitative estimate of drug-likeness (QED) is 0.901. The Labute approximate surface area is 105 Å². The van der Waals surface area contributed by atoms with E-state index < -0.39 is 11.4 Å². The van der Waals surface area contributed by atoms with E-state index in [-0.39, 0.29) is 0 Å². The van der Waals surface area contributed by atoms with Crippen molar-refractivity contribution in [2.24, 2.45) is 5.41 Å². The molecule has 4 nitrogen and oxygen atoms in total. The molecule has 0 saturated heterocycles. The van der Waals surface area contributed by atoms with Gasteiger partial charge in [-0.3, -0.25) is 9.78 Å². The Bertz CT molecular complexity index is 399. The maximum Gasteiger partial charge on any atom is 0.310 e. The van der Waals surface area contributed by atoms with Crippen LogP contribution in [-0.2, 0) is 11.2 Å². The standard InChI is InChI=1S/C12H15ClN2O2/c13-10-8-14-9(7-15-10)6-12(11(16)17)4-2-1-3-5-12/h7-8H,1-6H2,(H,16,17). The lowest BCUT2D eigenvalue weighted by Crippen LogP contribution is -2.35. The molecule has 17 heavy (non-hydrogen) atoms. The van der Waals surface area contributed by atoms with Gasteiger partial charge in [-0.1, -0.05) is 30.9 Å². The molecule has 1 heterocycles. The zero-order chi connectivity index (χ0) is 12.3. The maximum atomic E-state index is 11.5. The van der Waals surface area contributed by atoms with Crippen LogP contribution in [0.1, 0.15) is 37.8 Å². The Hall–Kier alpha value is -1.16. The summed E-state index contributed by atoms with van der Waals surface area (Å²) in [7, 11) is 0. The van der Waals surface area contributed by atoms with Gasteiger partial charge < -0.3 is 5.11 Å². The molecule has 0 atom stereocenters. The van der Waals surface area contributed by atoms with Crippen molar-refractivity contribution in [3.05, 3.63) is 23.2 Å². The largest absolute Gasteiger partial charge is 0.481 e. The number of carboxylic acid groups (broad SMARTS) is 1. The number of nitrogens with zero attached hydrogens (tertiary/aromatic N) is 2. The average Bonchev–Trinajstić information content (AvgIpc) is 2.33. The van der Waals surface area contributed by atoms with Crippen molar-refractivity contribution in [3.63, 3.8) is 0 Å². The minimum absolute atomic E-state index is 0.335. The SMILES string of the molecule is O=C(O)C1(Cc2cnc(Cl)cn2)CCCCC1. The lowest BCUT2D eigenvalue weighted by molar-refractivity contribution is -0.151. The van der Waals surface area contributed by atoms with Crippen LogP contribution in [0.15, 0.2) is 12.4 Å². The molecule has 0 unspecified atom stereocenters. The molecule has 1 aliphatic rings. The van der Waals surface area contributed by atoms with Crippen molar-refractivity contribution in [2.75, 3.05) is 0 Å². The van der Waals surface area contributed by atoms with Gasteiger partial charge in [-0.2, -0.15) is 0 Å². The molecule has 1 fully saturated rings. The van der Waals surface area contributed by atoms with Crippen molar-refractivity contribution in [1.29, 1.82) is 0 Å². The molecule has 0 amide bonds. The minimum atomic E-state index is -0.714. The van der Waals surface area contributed by atoms with E-state index in [1.807, 2.05) is 0 Å². The summed E-state index contributed by atoms with van der Waals surface area (Å²) in [5, 5.41) is 9.77. The van der Waals surface area contributed by atoms with E-state index >= 15 is 0 Å². The summed E-state index contributed by atoms with van der Waals surface area (Å²) in [5.74, 6) is -0.714. The summed E-state index contributed by atoms with van der Waals surface area (Å²) in [6, 6.07) is 0. The van der Waals surface area contributed by atoms with Gasteiger partial charge in [0, 0.05) is 6.42 Å². The topological polar surface area (TPSA) is 63.1 Å². The molecule has 1 N–H and O–H groups in total. The van der Waals surface area contributed by atoms with Gasteiger partial charge in [0.2, 0.25) is 0 Å². The van der Waals surface area contributed by atoms with Crippen molar-refractivity contribution >= 4 is 17.6 Å². The van der Waals surface area contributed by atoms with Crippen LogP contribution in [0.4, 0.5) is 0 Å². The van der Waals surface area contributed by atoms with E-state index in [9.17, 15) is 9.90 Å². The van der Waals surface area contributed by atoms with Gasteiger partial charge in [0.05, 0.1) is 23.5 Å². The van der Waals surface area contributed by atoms with E-state index in [1.165, 1.54) is 6.20 Å². The molecule has 0 spiro atoms. The molecule has 1 saturated carbocycles. The number of hydrogen-bond acceptors (Lipinski definition) is 3. The van der Waals surface area contributed by atoms with E-state index in [1.54, 1.807) is 6.20 Å². The number of halogens is 1. The number of carboxylic acids is 1. The normalized spacial score (nSPS) is 18.9.